The van der Waals surface area contributed by atoms with E-state index in [2.05, 4.69) is 0 Å². The maximum Gasteiger partial charge on any atom is 0.352 e. The minimum Gasteiger partial charge on any atom is -0.508 e. The molecule has 0 atom stereocenters. The zero-order valence-electron chi connectivity index (χ0n) is 9.80. The summed E-state index contributed by atoms with van der Waals surface area (Å²) in [4.78, 5) is 10.3. The molecule has 0 aliphatic rings. The van der Waals surface area contributed by atoms with Crippen LogP contribution in [0.15, 0.2) is 12.1 Å². The molecule has 1 aromatic carbocycles. The molecule has 0 spiro atoms. The molecule has 0 radical (unpaired) electrons. The van der Waals surface area contributed by atoms with Gasteiger partial charge < -0.3 is 14.6 Å². The van der Waals surface area contributed by atoms with Crippen LogP contribution in [0.25, 0.3) is 0 Å². The van der Waals surface area contributed by atoms with E-state index >= 15 is 0 Å². The first-order valence-corrected chi connectivity index (χ1v) is 5.28. The summed E-state index contributed by atoms with van der Waals surface area (Å²) in [5.41, 5.74) is -0.263. The molecule has 17 heavy (non-hydrogen) atoms. The Kier molecular flexibility index (Phi) is 4.56. The molecule has 0 fully saturated rings. The quantitative estimate of drug-likeness (QED) is 0.470. The van der Waals surface area contributed by atoms with Crippen molar-refractivity contribution in [1.29, 1.82) is 0 Å². The van der Waals surface area contributed by atoms with Crippen LogP contribution in [-0.4, -0.2) is 23.7 Å². The van der Waals surface area contributed by atoms with E-state index in [4.69, 9.17) is 9.47 Å². The monoisotopic (exact) mass is 241 g/mol. The number of phenols is 1. The summed E-state index contributed by atoms with van der Waals surface area (Å²) in [6, 6.07) is 2.40. The van der Waals surface area contributed by atoms with Gasteiger partial charge in [0, 0.05) is 12.1 Å². The van der Waals surface area contributed by atoms with Crippen LogP contribution < -0.4 is 9.47 Å². The molecule has 0 aliphatic heterocycles. The van der Waals surface area contributed by atoms with Crippen molar-refractivity contribution in [3.05, 3.63) is 22.2 Å². The zero-order valence-corrected chi connectivity index (χ0v) is 9.80. The van der Waals surface area contributed by atoms with Crippen molar-refractivity contribution in [2.75, 3.05) is 13.7 Å². The van der Waals surface area contributed by atoms with Crippen LogP contribution in [0.1, 0.15) is 19.8 Å². The zero-order chi connectivity index (χ0) is 12.8. The predicted molar refractivity (Wildman–Crippen MR) is 61.7 cm³/mol. The summed E-state index contributed by atoms with van der Waals surface area (Å²) in [6.45, 7) is 2.35. The Morgan fingerprint density at radius 2 is 2.06 bits per heavy atom. The molecule has 1 aromatic rings. The number of nitro groups is 1. The molecule has 0 amide bonds. The fraction of sp³-hybridized carbons (Fsp3) is 0.455. The molecule has 0 saturated carbocycles. The van der Waals surface area contributed by atoms with Crippen LogP contribution >= 0.6 is 0 Å². The van der Waals surface area contributed by atoms with E-state index in [1.807, 2.05) is 6.92 Å². The minimum atomic E-state index is -0.584. The van der Waals surface area contributed by atoms with E-state index in [1.165, 1.54) is 19.2 Å². The normalized spacial score (nSPS) is 10.0. The van der Waals surface area contributed by atoms with Crippen LogP contribution in [-0.2, 0) is 0 Å². The molecule has 0 saturated heterocycles. The highest BCUT2D eigenvalue weighted by molar-refractivity contribution is 5.60. The van der Waals surface area contributed by atoms with Crippen molar-refractivity contribution in [3.63, 3.8) is 0 Å². The van der Waals surface area contributed by atoms with Gasteiger partial charge in [0.2, 0.25) is 11.5 Å². The number of aromatic hydroxyl groups is 1. The second-order valence-electron chi connectivity index (χ2n) is 3.45. The Bertz CT molecular complexity index is 405. The van der Waals surface area contributed by atoms with Gasteiger partial charge >= 0.3 is 5.69 Å². The van der Waals surface area contributed by atoms with Crippen LogP contribution in [0.4, 0.5) is 5.69 Å². The average Bonchev–Trinajstić information content (AvgIpc) is 2.28. The number of methoxy groups -OCH3 is 1. The van der Waals surface area contributed by atoms with E-state index in [-0.39, 0.29) is 22.9 Å². The van der Waals surface area contributed by atoms with Crippen molar-refractivity contribution in [2.24, 2.45) is 0 Å². The van der Waals surface area contributed by atoms with Gasteiger partial charge in [0.25, 0.3) is 0 Å². The number of benzene rings is 1. The second kappa shape index (κ2) is 5.93. The first-order valence-electron chi connectivity index (χ1n) is 5.28. The van der Waals surface area contributed by atoms with Crippen LogP contribution in [0, 0.1) is 10.1 Å². The molecule has 0 heterocycles. The maximum atomic E-state index is 10.9. The van der Waals surface area contributed by atoms with Crippen molar-refractivity contribution in [3.8, 4) is 17.2 Å². The first-order chi connectivity index (χ1) is 8.10. The second-order valence-corrected chi connectivity index (χ2v) is 3.45. The number of nitrogens with zero attached hydrogens (tertiary/aromatic N) is 1. The molecule has 0 bridgehead atoms. The van der Waals surface area contributed by atoms with Gasteiger partial charge in [0.1, 0.15) is 5.75 Å². The van der Waals surface area contributed by atoms with Gasteiger partial charge in [0.05, 0.1) is 18.6 Å². The van der Waals surface area contributed by atoms with Gasteiger partial charge in [-0.2, -0.15) is 0 Å². The number of nitro benzene ring substituents is 1. The fourth-order valence-corrected chi connectivity index (χ4v) is 1.34. The average molecular weight is 241 g/mol. The van der Waals surface area contributed by atoms with Gasteiger partial charge in [-0.25, -0.2) is 0 Å². The molecule has 0 aromatic heterocycles. The van der Waals surface area contributed by atoms with E-state index in [1.54, 1.807) is 0 Å². The summed E-state index contributed by atoms with van der Waals surface area (Å²) in [6.07, 6.45) is 1.71. The lowest BCUT2D eigenvalue weighted by Gasteiger charge is -2.09. The van der Waals surface area contributed by atoms with Crippen LogP contribution in [0.2, 0.25) is 0 Å². The highest BCUT2D eigenvalue weighted by Crippen LogP contribution is 2.40. The van der Waals surface area contributed by atoms with Gasteiger partial charge in [-0.05, 0) is 6.42 Å². The number of phenolic OH excluding ortho intramolecular Hbond substituents is 1. The number of rotatable bonds is 6. The molecule has 1 N–H and O–H groups in total. The summed E-state index contributed by atoms with van der Waals surface area (Å²) >= 11 is 0. The van der Waals surface area contributed by atoms with E-state index < -0.39 is 4.92 Å². The Morgan fingerprint density at radius 3 is 2.59 bits per heavy atom. The van der Waals surface area contributed by atoms with Gasteiger partial charge in [0.15, 0.2) is 0 Å². The summed E-state index contributed by atoms with van der Waals surface area (Å²) in [7, 11) is 1.30. The number of hydrogen-bond donors (Lipinski definition) is 1. The van der Waals surface area contributed by atoms with Gasteiger partial charge in [-0.3, -0.25) is 10.1 Å². The fourth-order valence-electron chi connectivity index (χ4n) is 1.34. The highest BCUT2D eigenvalue weighted by Gasteiger charge is 2.23. The highest BCUT2D eigenvalue weighted by atomic mass is 16.6. The van der Waals surface area contributed by atoms with Crippen LogP contribution in [0.3, 0.4) is 0 Å². The van der Waals surface area contributed by atoms with E-state index in [0.29, 0.717) is 6.61 Å². The molecule has 0 aliphatic carbocycles. The lowest BCUT2D eigenvalue weighted by molar-refractivity contribution is -0.386. The smallest absolute Gasteiger partial charge is 0.352 e. The first kappa shape index (κ1) is 13.1. The molecular weight excluding hydrogens is 226 g/mol. The summed E-state index contributed by atoms with van der Waals surface area (Å²) < 4.78 is 10.1. The van der Waals surface area contributed by atoms with Crippen LogP contribution in [0.5, 0.6) is 17.2 Å². The predicted octanol–water partition coefficient (Wildman–Crippen LogP) is 2.49. The molecule has 0 unspecified atom stereocenters. The Labute approximate surface area is 98.9 Å². The van der Waals surface area contributed by atoms with Gasteiger partial charge in [-0.1, -0.05) is 13.3 Å². The standard InChI is InChI=1S/C11H15NO5/c1-3-4-5-17-10-7-8(13)6-9(16-2)11(10)12(14)15/h6-7,13H,3-5H2,1-2H3. The maximum absolute atomic E-state index is 10.9. The molecular formula is C11H15NO5. The number of unbranched alkanes of at least 4 members (excludes halogenated alkanes) is 1. The largest absolute Gasteiger partial charge is 0.508 e. The third-order valence-electron chi connectivity index (χ3n) is 2.18. The topological polar surface area (TPSA) is 81.8 Å². The van der Waals surface area contributed by atoms with Crippen molar-refractivity contribution in [1.82, 2.24) is 0 Å². The lowest BCUT2D eigenvalue weighted by atomic mass is 10.2. The van der Waals surface area contributed by atoms with Gasteiger partial charge in [-0.15, -0.1) is 0 Å². The third kappa shape index (κ3) is 3.24. The minimum absolute atomic E-state index is 0.0125. The molecule has 6 heteroatoms. The molecule has 6 nitrogen and oxygen atoms in total. The molecule has 94 valence electrons. The Morgan fingerprint density at radius 1 is 1.41 bits per heavy atom. The summed E-state index contributed by atoms with van der Waals surface area (Å²) in [5.74, 6) is -0.110. The third-order valence-corrected chi connectivity index (χ3v) is 2.18. The van der Waals surface area contributed by atoms with E-state index in [9.17, 15) is 15.2 Å². The SMILES string of the molecule is CCCCOc1cc(O)cc(OC)c1[N+](=O)[O-]. The van der Waals surface area contributed by atoms with Crippen molar-refractivity contribution < 1.29 is 19.5 Å². The number of ether oxygens (including phenoxy) is 2. The lowest BCUT2D eigenvalue weighted by Crippen LogP contribution is -2.02. The summed E-state index contributed by atoms with van der Waals surface area (Å²) in [5, 5.41) is 20.3. The molecule has 1 rings (SSSR count). The Balaban J connectivity index is 3.07. The van der Waals surface area contributed by atoms with Crippen molar-refractivity contribution in [2.45, 2.75) is 19.8 Å². The number of hydrogen-bond acceptors (Lipinski definition) is 5. The Hall–Kier alpha value is -1.98. The van der Waals surface area contributed by atoms with Crippen molar-refractivity contribution >= 4 is 5.69 Å². The van der Waals surface area contributed by atoms with E-state index in [0.717, 1.165) is 12.8 Å².